The maximum atomic E-state index is 4.06. The van der Waals surface area contributed by atoms with E-state index >= 15 is 0 Å². The molecule has 0 aliphatic rings. The van der Waals surface area contributed by atoms with Crippen molar-refractivity contribution in [1.82, 2.24) is 9.59 Å². The molecule has 0 N–H and O–H groups in total. The zero-order valence-corrected chi connectivity index (χ0v) is 11.1. The summed E-state index contributed by atoms with van der Waals surface area (Å²) in [6, 6.07) is 18.8. The number of hydrogen-bond donors (Lipinski definition) is 0. The standard InChI is InChI=1S/C14H10N2S2/c1-2-4-12(5-3-1)18-13-8-6-11(7-9-13)14-10-17-16-15-14/h1-10H. The first-order valence-electron chi connectivity index (χ1n) is 5.52. The molecule has 2 aromatic carbocycles. The third kappa shape index (κ3) is 2.60. The van der Waals surface area contributed by atoms with Crippen molar-refractivity contribution in [3.8, 4) is 11.3 Å². The maximum Gasteiger partial charge on any atom is 0.105 e. The summed E-state index contributed by atoms with van der Waals surface area (Å²) in [6.45, 7) is 0. The normalized spacial score (nSPS) is 10.4. The fourth-order valence-corrected chi connectivity index (χ4v) is 2.91. The van der Waals surface area contributed by atoms with E-state index in [1.165, 1.54) is 21.3 Å². The number of nitrogens with zero attached hydrogens (tertiary/aromatic N) is 2. The highest BCUT2D eigenvalue weighted by atomic mass is 32.2. The highest BCUT2D eigenvalue weighted by Crippen LogP contribution is 2.29. The van der Waals surface area contributed by atoms with Crippen LogP contribution in [0.15, 0.2) is 69.8 Å². The van der Waals surface area contributed by atoms with Gasteiger partial charge >= 0.3 is 0 Å². The van der Waals surface area contributed by atoms with Gasteiger partial charge < -0.3 is 0 Å². The average Bonchev–Trinajstić information content (AvgIpc) is 2.95. The first-order valence-corrected chi connectivity index (χ1v) is 7.17. The molecule has 0 aliphatic carbocycles. The minimum atomic E-state index is 0.941. The fraction of sp³-hybridized carbons (Fsp3) is 0. The molecule has 18 heavy (non-hydrogen) atoms. The van der Waals surface area contributed by atoms with Gasteiger partial charge in [0.15, 0.2) is 0 Å². The summed E-state index contributed by atoms with van der Waals surface area (Å²) in [6.07, 6.45) is 0. The molecule has 3 rings (SSSR count). The van der Waals surface area contributed by atoms with Gasteiger partial charge in [0.25, 0.3) is 0 Å². The summed E-state index contributed by atoms with van der Waals surface area (Å²) >= 11 is 3.14. The Balaban J connectivity index is 1.80. The summed E-state index contributed by atoms with van der Waals surface area (Å²) in [5.41, 5.74) is 2.05. The van der Waals surface area contributed by atoms with E-state index in [9.17, 15) is 0 Å². The monoisotopic (exact) mass is 270 g/mol. The molecule has 0 amide bonds. The van der Waals surface area contributed by atoms with Crippen LogP contribution in [-0.2, 0) is 0 Å². The van der Waals surface area contributed by atoms with Gasteiger partial charge in [0.05, 0.1) is 0 Å². The van der Waals surface area contributed by atoms with Crippen LogP contribution >= 0.6 is 23.3 Å². The molecule has 0 spiro atoms. The molecule has 0 bridgehead atoms. The van der Waals surface area contributed by atoms with Crippen LogP contribution in [-0.4, -0.2) is 9.59 Å². The zero-order chi connectivity index (χ0) is 12.2. The van der Waals surface area contributed by atoms with Crippen LogP contribution in [0.1, 0.15) is 0 Å². The smallest absolute Gasteiger partial charge is 0.105 e. The Morgan fingerprint density at radius 2 is 1.56 bits per heavy atom. The Hall–Kier alpha value is -1.65. The van der Waals surface area contributed by atoms with Gasteiger partial charge in [-0.05, 0) is 35.8 Å². The summed E-state index contributed by atoms with van der Waals surface area (Å²) in [5.74, 6) is 0. The van der Waals surface area contributed by atoms with Gasteiger partial charge in [0.1, 0.15) is 5.69 Å². The first kappa shape index (κ1) is 11.4. The van der Waals surface area contributed by atoms with Crippen LogP contribution in [0.3, 0.4) is 0 Å². The van der Waals surface area contributed by atoms with Gasteiger partial charge in [-0.3, -0.25) is 0 Å². The van der Waals surface area contributed by atoms with Crippen molar-refractivity contribution in [3.63, 3.8) is 0 Å². The predicted octanol–water partition coefficient (Wildman–Crippen LogP) is 4.36. The second-order valence-electron chi connectivity index (χ2n) is 3.73. The molecule has 88 valence electrons. The van der Waals surface area contributed by atoms with Crippen LogP contribution in [0.25, 0.3) is 11.3 Å². The van der Waals surface area contributed by atoms with Gasteiger partial charge in [-0.15, -0.1) is 5.10 Å². The van der Waals surface area contributed by atoms with Crippen LogP contribution in [0, 0.1) is 0 Å². The van der Waals surface area contributed by atoms with E-state index in [4.69, 9.17) is 0 Å². The largest absolute Gasteiger partial charge is 0.138 e. The van der Waals surface area contributed by atoms with Crippen molar-refractivity contribution in [1.29, 1.82) is 0 Å². The van der Waals surface area contributed by atoms with E-state index in [1.807, 2.05) is 11.4 Å². The van der Waals surface area contributed by atoms with Crippen LogP contribution in [0.2, 0.25) is 0 Å². The number of benzene rings is 2. The van der Waals surface area contributed by atoms with Crippen molar-refractivity contribution in [3.05, 3.63) is 60.0 Å². The molecule has 1 aromatic heterocycles. The van der Waals surface area contributed by atoms with Gasteiger partial charge in [0.2, 0.25) is 0 Å². The van der Waals surface area contributed by atoms with Crippen LogP contribution in [0.5, 0.6) is 0 Å². The average molecular weight is 270 g/mol. The SMILES string of the molecule is c1ccc(Sc2ccc(-c3csnn3)cc2)cc1. The quantitative estimate of drug-likeness (QED) is 0.707. The lowest BCUT2D eigenvalue weighted by Gasteiger charge is -2.02. The van der Waals surface area contributed by atoms with Crippen LogP contribution in [0.4, 0.5) is 0 Å². The van der Waals surface area contributed by atoms with E-state index in [1.54, 1.807) is 11.8 Å². The fourth-order valence-electron chi connectivity index (χ4n) is 1.61. The minimum absolute atomic E-state index is 0.941. The lowest BCUT2D eigenvalue weighted by atomic mass is 10.2. The van der Waals surface area contributed by atoms with E-state index in [2.05, 4.69) is 58.1 Å². The maximum absolute atomic E-state index is 4.06. The van der Waals surface area contributed by atoms with Crippen molar-refractivity contribution in [2.45, 2.75) is 9.79 Å². The minimum Gasteiger partial charge on any atom is -0.138 e. The first-order chi connectivity index (χ1) is 8.92. The van der Waals surface area contributed by atoms with Crippen molar-refractivity contribution >= 4 is 23.3 Å². The Morgan fingerprint density at radius 1 is 0.833 bits per heavy atom. The van der Waals surface area contributed by atoms with Gasteiger partial charge in [-0.25, -0.2) is 0 Å². The molecule has 0 fully saturated rings. The number of rotatable bonds is 3. The van der Waals surface area contributed by atoms with Crippen LogP contribution < -0.4 is 0 Å². The second-order valence-corrected chi connectivity index (χ2v) is 5.49. The Morgan fingerprint density at radius 3 is 2.22 bits per heavy atom. The van der Waals surface area contributed by atoms with Gasteiger partial charge in [-0.1, -0.05) is 46.6 Å². The Kier molecular flexibility index (Phi) is 3.39. The topological polar surface area (TPSA) is 25.8 Å². The molecule has 0 unspecified atom stereocenters. The molecular weight excluding hydrogens is 260 g/mol. The summed E-state index contributed by atoms with van der Waals surface area (Å²) in [4.78, 5) is 2.48. The molecule has 0 saturated carbocycles. The van der Waals surface area contributed by atoms with Gasteiger partial charge in [-0.2, -0.15) is 0 Å². The van der Waals surface area contributed by atoms with E-state index < -0.39 is 0 Å². The second kappa shape index (κ2) is 5.33. The number of hydrogen-bond acceptors (Lipinski definition) is 4. The Labute approximate surface area is 114 Å². The molecule has 1 heterocycles. The van der Waals surface area contributed by atoms with Crippen molar-refractivity contribution in [2.24, 2.45) is 0 Å². The highest BCUT2D eigenvalue weighted by Gasteiger charge is 2.01. The predicted molar refractivity (Wildman–Crippen MR) is 75.9 cm³/mol. The lowest BCUT2D eigenvalue weighted by molar-refractivity contribution is 1.16. The molecule has 0 aliphatic heterocycles. The Bertz CT molecular complexity index is 604. The molecule has 0 atom stereocenters. The third-order valence-electron chi connectivity index (χ3n) is 2.49. The molecule has 0 saturated heterocycles. The lowest BCUT2D eigenvalue weighted by Crippen LogP contribution is -1.78. The van der Waals surface area contributed by atoms with Crippen molar-refractivity contribution < 1.29 is 0 Å². The molecule has 2 nitrogen and oxygen atoms in total. The van der Waals surface area contributed by atoms with E-state index in [0.717, 1.165) is 11.3 Å². The molecule has 3 aromatic rings. The number of aromatic nitrogens is 2. The van der Waals surface area contributed by atoms with Gasteiger partial charge in [0, 0.05) is 20.7 Å². The summed E-state index contributed by atoms with van der Waals surface area (Å²) in [7, 11) is 0. The van der Waals surface area contributed by atoms with Crippen molar-refractivity contribution in [2.75, 3.05) is 0 Å². The highest BCUT2D eigenvalue weighted by molar-refractivity contribution is 7.99. The summed E-state index contributed by atoms with van der Waals surface area (Å²) in [5, 5.41) is 6.02. The molecule has 4 heteroatoms. The zero-order valence-electron chi connectivity index (χ0n) is 9.48. The van der Waals surface area contributed by atoms with E-state index in [-0.39, 0.29) is 0 Å². The molecule has 0 radical (unpaired) electrons. The third-order valence-corrected chi connectivity index (χ3v) is 4.01. The summed E-state index contributed by atoms with van der Waals surface area (Å²) < 4.78 is 3.88. The van der Waals surface area contributed by atoms with E-state index in [0.29, 0.717) is 0 Å². The molecular formula is C14H10N2S2.